The minimum atomic E-state index is -2.72. The molecule has 14 heavy (non-hydrogen) atoms. The number of hydrogen-bond acceptors (Lipinski definition) is 2. The number of alkyl halides is 2. The summed E-state index contributed by atoms with van der Waals surface area (Å²) in [6, 6.07) is 1.17. The van der Waals surface area contributed by atoms with Gasteiger partial charge >= 0.3 is 0 Å². The van der Waals surface area contributed by atoms with Crippen molar-refractivity contribution in [3.8, 4) is 0 Å². The average molecular weight is 284 g/mol. The lowest BCUT2D eigenvalue weighted by atomic mass is 10.2. The number of hydrogen-bond donors (Lipinski definition) is 0. The molecule has 1 rings (SSSR count). The summed E-state index contributed by atoms with van der Waals surface area (Å²) < 4.78 is 25.0. The number of aromatic nitrogens is 1. The summed E-state index contributed by atoms with van der Waals surface area (Å²) in [6.45, 7) is 1.57. The molecule has 1 aromatic rings. The summed E-state index contributed by atoms with van der Waals surface area (Å²) in [5.41, 5.74) is -0.155. The van der Waals surface area contributed by atoms with Gasteiger partial charge in [-0.1, -0.05) is 15.9 Å². The van der Waals surface area contributed by atoms with Crippen LogP contribution in [0.15, 0.2) is 10.5 Å². The monoisotopic (exact) mass is 283 g/mol. The molecule has 0 saturated carbocycles. The number of pyridine rings is 1. The van der Waals surface area contributed by atoms with Crippen molar-refractivity contribution in [2.45, 2.75) is 13.3 Å². The topological polar surface area (TPSA) is 30.0 Å². The largest absolute Gasteiger partial charge is 0.280 e. The quantitative estimate of drug-likeness (QED) is 0.778. The molecule has 0 aromatic carbocycles. The van der Waals surface area contributed by atoms with Crippen LogP contribution in [0.2, 0.25) is 0 Å². The molecule has 0 aliphatic carbocycles. The van der Waals surface area contributed by atoms with Crippen molar-refractivity contribution in [3.63, 3.8) is 0 Å². The van der Waals surface area contributed by atoms with Crippen LogP contribution in [0.5, 0.6) is 0 Å². The second-order valence-corrected chi connectivity index (χ2v) is 3.77. The fourth-order valence-corrected chi connectivity index (χ4v) is 1.51. The Kier molecular flexibility index (Phi) is 3.55. The number of carbonyl (C=O) groups excluding carboxylic acids is 1. The Morgan fingerprint density at radius 3 is 2.64 bits per heavy atom. The minimum Gasteiger partial charge on any atom is -0.274 e. The third-order valence-electron chi connectivity index (χ3n) is 1.64. The summed E-state index contributed by atoms with van der Waals surface area (Å²) in [7, 11) is 0. The zero-order chi connectivity index (χ0) is 10.9. The Balaban J connectivity index is 3.35. The van der Waals surface area contributed by atoms with Crippen LogP contribution >= 0.6 is 27.5 Å². The van der Waals surface area contributed by atoms with Crippen LogP contribution in [0.25, 0.3) is 0 Å². The van der Waals surface area contributed by atoms with E-state index in [1.165, 1.54) is 6.07 Å². The van der Waals surface area contributed by atoms with E-state index in [1.54, 1.807) is 6.92 Å². The van der Waals surface area contributed by atoms with Crippen molar-refractivity contribution in [2.75, 3.05) is 0 Å². The van der Waals surface area contributed by atoms with Crippen LogP contribution < -0.4 is 0 Å². The molecule has 1 heterocycles. The molecule has 0 atom stereocenters. The molecule has 0 fully saturated rings. The molecular weight excluding hydrogens is 279 g/mol. The summed E-state index contributed by atoms with van der Waals surface area (Å²) in [4.78, 5) is 14.3. The maximum absolute atomic E-state index is 12.3. The Bertz CT molecular complexity index is 384. The maximum atomic E-state index is 12.3. The molecule has 6 heteroatoms. The number of rotatable bonds is 2. The molecular formula is C8H5BrClF2NO. The van der Waals surface area contributed by atoms with Gasteiger partial charge in [-0.05, 0) is 30.2 Å². The van der Waals surface area contributed by atoms with Crippen molar-refractivity contribution in [2.24, 2.45) is 0 Å². The zero-order valence-corrected chi connectivity index (χ0v) is 9.36. The minimum absolute atomic E-state index is 0.142. The number of carbonyl (C=O) groups is 1. The van der Waals surface area contributed by atoms with Gasteiger partial charge in [0.2, 0.25) is 0 Å². The van der Waals surface area contributed by atoms with E-state index in [0.717, 1.165) is 0 Å². The smallest absolute Gasteiger partial charge is 0.274 e. The third kappa shape index (κ3) is 2.27. The first kappa shape index (κ1) is 11.5. The number of halogens is 4. The van der Waals surface area contributed by atoms with Gasteiger partial charge in [0.05, 0.1) is 0 Å². The molecule has 0 saturated heterocycles. The van der Waals surface area contributed by atoms with E-state index < -0.39 is 17.4 Å². The lowest BCUT2D eigenvalue weighted by Crippen LogP contribution is -2.03. The van der Waals surface area contributed by atoms with E-state index in [1.807, 2.05) is 0 Å². The first-order valence-corrected chi connectivity index (χ1v) is 4.75. The highest BCUT2D eigenvalue weighted by atomic mass is 79.9. The van der Waals surface area contributed by atoms with E-state index in [9.17, 15) is 13.6 Å². The van der Waals surface area contributed by atoms with Crippen LogP contribution in [0.4, 0.5) is 8.78 Å². The van der Waals surface area contributed by atoms with Crippen LogP contribution in [-0.4, -0.2) is 10.2 Å². The van der Waals surface area contributed by atoms with E-state index in [4.69, 9.17) is 11.6 Å². The van der Waals surface area contributed by atoms with Gasteiger partial charge in [0.15, 0.2) is 0 Å². The average Bonchev–Trinajstić information content (AvgIpc) is 2.08. The molecule has 0 bridgehead atoms. The molecule has 0 aliphatic rings. The molecule has 0 unspecified atom stereocenters. The predicted octanol–water partition coefficient (Wildman–Crippen LogP) is 3.47. The summed E-state index contributed by atoms with van der Waals surface area (Å²) in [6.07, 6.45) is -2.72. The highest BCUT2D eigenvalue weighted by molar-refractivity contribution is 9.10. The highest BCUT2D eigenvalue weighted by Gasteiger charge is 2.17. The molecule has 0 spiro atoms. The van der Waals surface area contributed by atoms with Gasteiger partial charge in [-0.3, -0.25) is 4.79 Å². The van der Waals surface area contributed by atoms with Gasteiger partial charge in [-0.15, -0.1) is 0 Å². The van der Waals surface area contributed by atoms with Gasteiger partial charge < -0.3 is 0 Å². The lowest BCUT2D eigenvalue weighted by Gasteiger charge is -2.06. The van der Waals surface area contributed by atoms with Crippen molar-refractivity contribution < 1.29 is 13.6 Å². The second-order valence-electron chi connectivity index (χ2n) is 2.58. The predicted molar refractivity (Wildman–Crippen MR) is 51.8 cm³/mol. The molecule has 0 amide bonds. The van der Waals surface area contributed by atoms with Crippen molar-refractivity contribution >= 4 is 32.8 Å². The summed E-state index contributed by atoms with van der Waals surface area (Å²) >= 11 is 8.24. The van der Waals surface area contributed by atoms with E-state index in [-0.39, 0.29) is 5.69 Å². The fourth-order valence-electron chi connectivity index (χ4n) is 0.900. The Morgan fingerprint density at radius 1 is 1.64 bits per heavy atom. The first-order valence-electron chi connectivity index (χ1n) is 3.58. The van der Waals surface area contributed by atoms with Crippen LogP contribution in [0.1, 0.15) is 28.2 Å². The van der Waals surface area contributed by atoms with Gasteiger partial charge in [0.25, 0.3) is 11.7 Å². The highest BCUT2D eigenvalue weighted by Crippen LogP contribution is 2.25. The lowest BCUT2D eigenvalue weighted by molar-refractivity contribution is 0.107. The Morgan fingerprint density at radius 2 is 2.21 bits per heavy atom. The third-order valence-corrected chi connectivity index (χ3v) is 2.64. The van der Waals surface area contributed by atoms with E-state index in [2.05, 4.69) is 20.9 Å². The Hall–Kier alpha value is -0.550. The fraction of sp³-hybridized carbons (Fsp3) is 0.250. The maximum Gasteiger partial charge on any atom is 0.280 e. The normalized spacial score (nSPS) is 10.7. The molecule has 0 radical (unpaired) electrons. The SMILES string of the molecule is Cc1c(Br)cc(C(F)F)nc1C(=O)Cl. The van der Waals surface area contributed by atoms with Crippen molar-refractivity contribution in [1.29, 1.82) is 0 Å². The van der Waals surface area contributed by atoms with Crippen molar-refractivity contribution in [3.05, 3.63) is 27.5 Å². The first-order chi connectivity index (χ1) is 6.43. The summed E-state index contributed by atoms with van der Waals surface area (Å²) in [5.74, 6) is 0. The van der Waals surface area contributed by atoms with E-state index >= 15 is 0 Å². The molecule has 76 valence electrons. The van der Waals surface area contributed by atoms with Crippen LogP contribution in [-0.2, 0) is 0 Å². The number of nitrogens with zero attached hydrogens (tertiary/aromatic N) is 1. The van der Waals surface area contributed by atoms with E-state index in [0.29, 0.717) is 10.0 Å². The summed E-state index contributed by atoms with van der Waals surface area (Å²) in [5, 5.41) is -0.842. The second kappa shape index (κ2) is 4.31. The van der Waals surface area contributed by atoms with Crippen molar-refractivity contribution in [1.82, 2.24) is 4.98 Å². The van der Waals surface area contributed by atoms with Crippen LogP contribution in [0, 0.1) is 6.92 Å². The van der Waals surface area contributed by atoms with Gasteiger partial charge in [-0.2, -0.15) is 0 Å². The van der Waals surface area contributed by atoms with Gasteiger partial charge in [-0.25, -0.2) is 13.8 Å². The molecule has 0 aliphatic heterocycles. The van der Waals surface area contributed by atoms with Gasteiger partial charge in [0, 0.05) is 4.47 Å². The Labute approximate surface area is 92.4 Å². The van der Waals surface area contributed by atoms with Crippen LogP contribution in [0.3, 0.4) is 0 Å². The molecule has 0 N–H and O–H groups in total. The molecule has 1 aromatic heterocycles. The molecule has 2 nitrogen and oxygen atoms in total. The zero-order valence-electron chi connectivity index (χ0n) is 7.02. The standard InChI is InChI=1S/C8H5BrClF2NO/c1-3-4(9)2-5(8(11)12)13-6(3)7(10)14/h2,8H,1H3. The van der Waals surface area contributed by atoms with Gasteiger partial charge in [0.1, 0.15) is 11.4 Å².